The minimum Gasteiger partial charge on any atom is -0.0561 e. The van der Waals surface area contributed by atoms with Crippen molar-refractivity contribution in [2.45, 2.75) is 12.8 Å². The Bertz CT molecular complexity index is 608. The molecule has 0 aliphatic carbocycles. The first-order valence-corrected chi connectivity index (χ1v) is 10.4. The normalized spacial score (nSPS) is 11.2. The zero-order valence-corrected chi connectivity index (χ0v) is 19.7. The molecule has 0 aromatic heterocycles. The van der Waals surface area contributed by atoms with Gasteiger partial charge in [0.2, 0.25) is 0 Å². The van der Waals surface area contributed by atoms with Crippen molar-refractivity contribution >= 4 is 95.6 Å². The highest BCUT2D eigenvalue weighted by Crippen LogP contribution is 2.43. The SMILES string of the molecule is CC(c1ccc(Br)c(Br)c1Br)c1ccc(Br)c(Br)c1Br. The highest BCUT2D eigenvalue weighted by Gasteiger charge is 2.19. The lowest BCUT2D eigenvalue weighted by molar-refractivity contribution is 0.904. The van der Waals surface area contributed by atoms with E-state index < -0.39 is 0 Å². The standard InChI is InChI=1S/C14H8Br6/c1-6(7-2-4-9(15)13(19)11(7)17)8-3-5-10(16)14(20)12(8)18/h2-6H,1H3. The van der Waals surface area contributed by atoms with Crippen LogP contribution in [0.1, 0.15) is 24.0 Å². The van der Waals surface area contributed by atoms with E-state index in [1.165, 1.54) is 11.1 Å². The molecule has 0 nitrogen and oxygen atoms in total. The van der Waals surface area contributed by atoms with Crippen LogP contribution in [-0.4, -0.2) is 0 Å². The first-order valence-electron chi connectivity index (χ1n) is 5.61. The summed E-state index contributed by atoms with van der Waals surface area (Å²) in [6.45, 7) is 2.20. The average molecular weight is 656 g/mol. The topological polar surface area (TPSA) is 0 Å². The zero-order valence-electron chi connectivity index (χ0n) is 10.2. The molecule has 2 aromatic rings. The lowest BCUT2D eigenvalue weighted by Crippen LogP contribution is -2.00. The highest BCUT2D eigenvalue weighted by molar-refractivity contribution is 9.15. The van der Waals surface area contributed by atoms with Gasteiger partial charge in [0.05, 0.1) is 0 Å². The van der Waals surface area contributed by atoms with Crippen molar-refractivity contribution < 1.29 is 0 Å². The number of hydrogen-bond donors (Lipinski definition) is 0. The molecule has 0 saturated heterocycles. The number of halogens is 6. The summed E-state index contributed by atoms with van der Waals surface area (Å²) >= 11 is 21.6. The van der Waals surface area contributed by atoms with Gasteiger partial charge in [-0.2, -0.15) is 0 Å². The van der Waals surface area contributed by atoms with Crippen molar-refractivity contribution in [1.82, 2.24) is 0 Å². The van der Waals surface area contributed by atoms with Crippen LogP contribution in [-0.2, 0) is 0 Å². The smallest absolute Gasteiger partial charge is 0.0462 e. The van der Waals surface area contributed by atoms with Crippen molar-refractivity contribution in [3.8, 4) is 0 Å². The van der Waals surface area contributed by atoms with Gasteiger partial charge in [0.15, 0.2) is 0 Å². The molecule has 0 amide bonds. The summed E-state index contributed by atoms with van der Waals surface area (Å²) in [7, 11) is 0. The van der Waals surface area contributed by atoms with E-state index in [1.807, 2.05) is 0 Å². The molecule has 0 N–H and O–H groups in total. The molecule has 0 spiro atoms. The van der Waals surface area contributed by atoms with Crippen LogP contribution < -0.4 is 0 Å². The molecule has 20 heavy (non-hydrogen) atoms. The third-order valence-corrected chi connectivity index (χ3v) is 9.87. The summed E-state index contributed by atoms with van der Waals surface area (Å²) in [5, 5.41) is 0. The van der Waals surface area contributed by atoms with Gasteiger partial charge in [-0.3, -0.25) is 0 Å². The second kappa shape index (κ2) is 7.26. The minimum atomic E-state index is 0.257. The Kier molecular flexibility index (Phi) is 6.42. The van der Waals surface area contributed by atoms with Crippen LogP contribution >= 0.6 is 95.6 Å². The molecular weight excluding hydrogens is 648 g/mol. The molecule has 0 saturated carbocycles. The fourth-order valence-corrected chi connectivity index (χ4v) is 5.21. The molecule has 0 radical (unpaired) electrons. The molecule has 0 aliphatic heterocycles. The second-order valence-electron chi connectivity index (χ2n) is 4.25. The first-order chi connectivity index (χ1) is 9.34. The summed E-state index contributed by atoms with van der Waals surface area (Å²) in [5.74, 6) is 0.257. The van der Waals surface area contributed by atoms with Crippen molar-refractivity contribution in [3.63, 3.8) is 0 Å². The average Bonchev–Trinajstić information content (AvgIpc) is 2.42. The summed E-state index contributed by atoms with van der Waals surface area (Å²) < 4.78 is 6.30. The van der Waals surface area contributed by atoms with E-state index in [-0.39, 0.29) is 5.92 Å². The monoisotopic (exact) mass is 650 g/mol. The van der Waals surface area contributed by atoms with E-state index in [2.05, 4.69) is 127 Å². The Labute approximate surface area is 168 Å². The molecule has 106 valence electrons. The second-order valence-corrected chi connectivity index (χ2v) is 9.13. The lowest BCUT2D eigenvalue weighted by Gasteiger charge is -2.18. The molecule has 0 bridgehead atoms. The Morgan fingerprint density at radius 3 is 1.30 bits per heavy atom. The van der Waals surface area contributed by atoms with Gasteiger partial charge in [-0.1, -0.05) is 19.1 Å². The van der Waals surface area contributed by atoms with Gasteiger partial charge < -0.3 is 0 Å². The van der Waals surface area contributed by atoms with Crippen molar-refractivity contribution in [3.05, 3.63) is 62.2 Å². The number of hydrogen-bond acceptors (Lipinski definition) is 0. The molecule has 6 heteroatoms. The Morgan fingerprint density at radius 2 is 0.950 bits per heavy atom. The predicted octanol–water partition coefficient (Wildman–Crippen LogP) is 8.41. The Balaban J connectivity index is 2.55. The van der Waals surface area contributed by atoms with Crippen LogP contribution in [0.2, 0.25) is 0 Å². The molecule has 0 aliphatic rings. The maximum Gasteiger partial charge on any atom is 0.0462 e. The largest absolute Gasteiger partial charge is 0.0561 e. The van der Waals surface area contributed by atoms with E-state index >= 15 is 0 Å². The van der Waals surface area contributed by atoms with E-state index in [4.69, 9.17) is 0 Å². The van der Waals surface area contributed by atoms with Crippen LogP contribution in [0.25, 0.3) is 0 Å². The molecule has 0 unspecified atom stereocenters. The third-order valence-electron chi connectivity index (χ3n) is 3.06. The summed E-state index contributed by atoms with van der Waals surface area (Å²) in [6.07, 6.45) is 0. The minimum absolute atomic E-state index is 0.257. The van der Waals surface area contributed by atoms with E-state index in [0.717, 1.165) is 26.8 Å². The van der Waals surface area contributed by atoms with Gasteiger partial charge in [0, 0.05) is 32.8 Å². The van der Waals surface area contributed by atoms with Gasteiger partial charge in [0.25, 0.3) is 0 Å². The summed E-state index contributed by atoms with van der Waals surface area (Å²) in [5.41, 5.74) is 2.46. The van der Waals surface area contributed by atoms with Crippen molar-refractivity contribution in [2.75, 3.05) is 0 Å². The van der Waals surface area contributed by atoms with E-state index in [1.54, 1.807) is 0 Å². The lowest BCUT2D eigenvalue weighted by atomic mass is 9.93. The molecule has 2 aromatic carbocycles. The third kappa shape index (κ3) is 3.46. The van der Waals surface area contributed by atoms with Crippen LogP contribution in [0.3, 0.4) is 0 Å². The zero-order chi connectivity index (χ0) is 15.0. The fourth-order valence-electron chi connectivity index (χ4n) is 1.92. The molecule has 2 rings (SSSR count). The van der Waals surface area contributed by atoms with Crippen molar-refractivity contribution in [1.29, 1.82) is 0 Å². The maximum atomic E-state index is 3.67. The fraction of sp³-hybridized carbons (Fsp3) is 0.143. The van der Waals surface area contributed by atoms with Crippen molar-refractivity contribution in [2.24, 2.45) is 0 Å². The van der Waals surface area contributed by atoms with E-state index in [9.17, 15) is 0 Å². The number of benzene rings is 2. The first kappa shape index (κ1) is 17.7. The van der Waals surface area contributed by atoms with Crippen LogP contribution in [0.15, 0.2) is 51.1 Å². The van der Waals surface area contributed by atoms with Gasteiger partial charge >= 0.3 is 0 Å². The van der Waals surface area contributed by atoms with Gasteiger partial charge in [-0.25, -0.2) is 0 Å². The summed E-state index contributed by atoms with van der Waals surface area (Å²) in [4.78, 5) is 0. The highest BCUT2D eigenvalue weighted by atomic mass is 79.9. The molecule has 0 fully saturated rings. The summed E-state index contributed by atoms with van der Waals surface area (Å²) in [6, 6.07) is 8.38. The maximum absolute atomic E-state index is 3.67. The van der Waals surface area contributed by atoms with Crippen LogP contribution in [0.4, 0.5) is 0 Å². The Hall–Kier alpha value is 1.32. The van der Waals surface area contributed by atoms with Crippen LogP contribution in [0.5, 0.6) is 0 Å². The quantitative estimate of drug-likeness (QED) is 0.285. The number of rotatable bonds is 2. The van der Waals surface area contributed by atoms with Gasteiger partial charge in [-0.15, -0.1) is 0 Å². The molecular formula is C14H8Br6. The van der Waals surface area contributed by atoms with Gasteiger partial charge in [-0.05, 0) is 119 Å². The molecule has 0 heterocycles. The van der Waals surface area contributed by atoms with E-state index in [0.29, 0.717) is 0 Å². The predicted molar refractivity (Wildman–Crippen MR) is 107 cm³/mol. The Morgan fingerprint density at radius 1 is 0.600 bits per heavy atom. The molecule has 0 atom stereocenters. The van der Waals surface area contributed by atoms with Crippen LogP contribution in [0, 0.1) is 0 Å². The van der Waals surface area contributed by atoms with Gasteiger partial charge in [0.1, 0.15) is 0 Å².